The van der Waals surface area contributed by atoms with Gasteiger partial charge in [-0.05, 0) is 68.1 Å². The number of methoxy groups -OCH3 is 2. The van der Waals surface area contributed by atoms with Gasteiger partial charge in [-0.15, -0.1) is 0 Å². The van der Waals surface area contributed by atoms with Crippen molar-refractivity contribution < 1.29 is 14.6 Å². The Bertz CT molecular complexity index is 634. The highest BCUT2D eigenvalue weighted by Crippen LogP contribution is 2.57. The predicted molar refractivity (Wildman–Crippen MR) is 93.8 cm³/mol. The average molecular weight is 352 g/mol. The summed E-state index contributed by atoms with van der Waals surface area (Å²) in [5.74, 6) is 2.59. The van der Waals surface area contributed by atoms with Crippen LogP contribution in [0.4, 0.5) is 0 Å². The summed E-state index contributed by atoms with van der Waals surface area (Å²) in [6, 6.07) is 3.91. The summed E-state index contributed by atoms with van der Waals surface area (Å²) in [5, 5.41) is 15.2. The highest BCUT2D eigenvalue weighted by Gasteiger charge is 2.56. The molecule has 5 rings (SSSR count). The number of aliphatic hydroxyl groups is 1. The Balaban J connectivity index is 1.52. The van der Waals surface area contributed by atoms with Crippen LogP contribution in [0.15, 0.2) is 12.1 Å². The fraction of sp³-hybridized carbons (Fsp3) is 0.684. The van der Waals surface area contributed by atoms with Crippen LogP contribution < -0.4 is 14.8 Å². The van der Waals surface area contributed by atoms with Crippen LogP contribution in [0.2, 0.25) is 5.02 Å². The molecule has 0 unspecified atom stereocenters. The highest BCUT2D eigenvalue weighted by atomic mass is 35.5. The van der Waals surface area contributed by atoms with Crippen LogP contribution in [0.3, 0.4) is 0 Å². The van der Waals surface area contributed by atoms with Gasteiger partial charge in [-0.1, -0.05) is 11.6 Å². The molecular formula is C19H26ClNO3. The molecule has 4 bridgehead atoms. The Labute approximate surface area is 148 Å². The normalized spacial score (nSPS) is 36.8. The first kappa shape index (κ1) is 16.5. The predicted octanol–water partition coefficient (Wildman–Crippen LogP) is 3.53. The number of benzene rings is 1. The third-order valence-corrected chi connectivity index (χ3v) is 6.47. The van der Waals surface area contributed by atoms with Gasteiger partial charge in [0.1, 0.15) is 0 Å². The monoisotopic (exact) mass is 351 g/mol. The maximum absolute atomic E-state index is 10.9. The van der Waals surface area contributed by atoms with Crippen LogP contribution in [0, 0.1) is 11.8 Å². The van der Waals surface area contributed by atoms with Gasteiger partial charge in [0.2, 0.25) is 0 Å². The van der Waals surface area contributed by atoms with E-state index in [2.05, 4.69) is 5.32 Å². The van der Waals surface area contributed by atoms with Crippen molar-refractivity contribution >= 4 is 11.6 Å². The van der Waals surface area contributed by atoms with Crippen LogP contribution in [0.1, 0.15) is 44.1 Å². The largest absolute Gasteiger partial charge is 0.493 e. The summed E-state index contributed by atoms with van der Waals surface area (Å²) < 4.78 is 10.7. The van der Waals surface area contributed by atoms with Gasteiger partial charge in [0.15, 0.2) is 11.5 Å². The van der Waals surface area contributed by atoms with Gasteiger partial charge in [-0.2, -0.15) is 0 Å². The molecule has 0 spiro atoms. The van der Waals surface area contributed by atoms with E-state index < -0.39 is 5.60 Å². The van der Waals surface area contributed by atoms with Crippen molar-refractivity contribution in [2.45, 2.75) is 56.2 Å². The van der Waals surface area contributed by atoms with Crippen molar-refractivity contribution in [3.05, 3.63) is 22.7 Å². The molecule has 0 heterocycles. The molecule has 1 aromatic rings. The number of rotatable bonds is 5. The smallest absolute Gasteiger partial charge is 0.179 e. The zero-order chi connectivity index (χ0) is 16.9. The quantitative estimate of drug-likeness (QED) is 0.852. The number of hydrogen-bond acceptors (Lipinski definition) is 4. The van der Waals surface area contributed by atoms with E-state index in [1.54, 1.807) is 14.2 Å². The van der Waals surface area contributed by atoms with Gasteiger partial charge in [0.25, 0.3) is 0 Å². The van der Waals surface area contributed by atoms with E-state index in [9.17, 15) is 5.11 Å². The van der Waals surface area contributed by atoms with Gasteiger partial charge in [-0.3, -0.25) is 0 Å². The molecule has 0 radical (unpaired) electrons. The second-order valence-corrected chi connectivity index (χ2v) is 8.54. The molecule has 4 aliphatic carbocycles. The van der Waals surface area contributed by atoms with Crippen LogP contribution in [-0.2, 0) is 6.54 Å². The van der Waals surface area contributed by atoms with E-state index in [0.29, 0.717) is 28.4 Å². The molecule has 0 aromatic heterocycles. The van der Waals surface area contributed by atoms with Crippen LogP contribution in [0.5, 0.6) is 11.5 Å². The third-order valence-electron chi connectivity index (χ3n) is 6.19. The standard InChI is InChI=1S/C19H26ClNO3/c1-23-16-5-12(4-15(20)17(16)24-2)10-21-18-6-13-3-14(7-18)9-19(22,8-13)11-18/h4-5,13-14,21-22H,3,6-11H2,1-2H3/t13-,14-,18?,19?/m0/s1. The second kappa shape index (κ2) is 5.79. The van der Waals surface area contributed by atoms with Crippen molar-refractivity contribution in [3.63, 3.8) is 0 Å². The lowest BCUT2D eigenvalue weighted by molar-refractivity contribution is -0.142. The zero-order valence-corrected chi connectivity index (χ0v) is 15.2. The lowest BCUT2D eigenvalue weighted by Crippen LogP contribution is -2.64. The van der Waals surface area contributed by atoms with Gasteiger partial charge in [0.05, 0.1) is 24.8 Å². The van der Waals surface area contributed by atoms with Crippen molar-refractivity contribution in [2.24, 2.45) is 11.8 Å². The molecule has 24 heavy (non-hydrogen) atoms. The Morgan fingerprint density at radius 1 is 1.17 bits per heavy atom. The zero-order valence-electron chi connectivity index (χ0n) is 14.4. The molecule has 2 atom stereocenters. The Hall–Kier alpha value is -0.970. The Morgan fingerprint density at radius 2 is 1.88 bits per heavy atom. The van der Waals surface area contributed by atoms with E-state index in [-0.39, 0.29) is 5.54 Å². The highest BCUT2D eigenvalue weighted by molar-refractivity contribution is 6.32. The average Bonchev–Trinajstić information content (AvgIpc) is 2.50. The molecular weight excluding hydrogens is 326 g/mol. The van der Waals surface area contributed by atoms with Crippen LogP contribution in [0.25, 0.3) is 0 Å². The van der Waals surface area contributed by atoms with Crippen molar-refractivity contribution in [1.29, 1.82) is 0 Å². The van der Waals surface area contributed by atoms with E-state index >= 15 is 0 Å². The molecule has 4 fully saturated rings. The van der Waals surface area contributed by atoms with Crippen molar-refractivity contribution in [3.8, 4) is 11.5 Å². The number of halogens is 1. The fourth-order valence-electron chi connectivity index (χ4n) is 5.78. The molecule has 132 valence electrons. The molecule has 5 heteroatoms. The summed E-state index contributed by atoms with van der Waals surface area (Å²) >= 11 is 6.32. The van der Waals surface area contributed by atoms with Gasteiger partial charge in [0, 0.05) is 12.1 Å². The summed E-state index contributed by atoms with van der Waals surface area (Å²) in [5.41, 5.74) is 0.727. The number of ether oxygens (including phenoxy) is 2. The summed E-state index contributed by atoms with van der Waals surface area (Å²) in [6.45, 7) is 0.732. The number of nitrogens with one attached hydrogen (secondary N) is 1. The fourth-order valence-corrected chi connectivity index (χ4v) is 6.09. The van der Waals surface area contributed by atoms with E-state index in [1.165, 1.54) is 19.3 Å². The lowest BCUT2D eigenvalue weighted by Gasteiger charge is -2.60. The molecule has 2 N–H and O–H groups in total. The first-order chi connectivity index (χ1) is 11.4. The summed E-state index contributed by atoms with van der Waals surface area (Å²) in [7, 11) is 3.22. The van der Waals surface area contributed by atoms with E-state index in [1.807, 2.05) is 12.1 Å². The summed E-state index contributed by atoms with van der Waals surface area (Å²) in [4.78, 5) is 0. The van der Waals surface area contributed by atoms with Gasteiger partial charge >= 0.3 is 0 Å². The van der Waals surface area contributed by atoms with Gasteiger partial charge in [-0.25, -0.2) is 0 Å². The molecule has 0 amide bonds. The van der Waals surface area contributed by atoms with E-state index in [4.69, 9.17) is 21.1 Å². The molecule has 1 aromatic carbocycles. The summed E-state index contributed by atoms with van der Waals surface area (Å²) in [6.07, 6.45) is 6.55. The molecule has 0 saturated heterocycles. The minimum atomic E-state index is -0.438. The van der Waals surface area contributed by atoms with Crippen LogP contribution >= 0.6 is 11.6 Å². The van der Waals surface area contributed by atoms with Crippen molar-refractivity contribution in [1.82, 2.24) is 5.32 Å². The third kappa shape index (κ3) is 2.79. The number of hydrogen-bond donors (Lipinski definition) is 2. The molecule has 4 nitrogen and oxygen atoms in total. The van der Waals surface area contributed by atoms with Crippen molar-refractivity contribution in [2.75, 3.05) is 14.2 Å². The molecule has 4 aliphatic rings. The maximum Gasteiger partial charge on any atom is 0.179 e. The minimum absolute atomic E-state index is 0.0818. The lowest BCUT2D eigenvalue weighted by atomic mass is 9.51. The first-order valence-electron chi connectivity index (χ1n) is 8.82. The van der Waals surface area contributed by atoms with Gasteiger partial charge < -0.3 is 19.9 Å². The Morgan fingerprint density at radius 3 is 2.46 bits per heavy atom. The molecule has 4 saturated carbocycles. The molecule has 0 aliphatic heterocycles. The first-order valence-corrected chi connectivity index (χ1v) is 9.20. The topological polar surface area (TPSA) is 50.7 Å². The maximum atomic E-state index is 10.9. The van der Waals surface area contributed by atoms with E-state index in [0.717, 1.165) is 31.4 Å². The Kier molecular flexibility index (Phi) is 3.98. The minimum Gasteiger partial charge on any atom is -0.493 e. The second-order valence-electron chi connectivity index (χ2n) is 8.13. The SMILES string of the molecule is COc1cc(CNC23C[C@@H]4C[C@H](CC(O)(C4)C2)C3)cc(Cl)c1OC. The van der Waals surface area contributed by atoms with Crippen LogP contribution in [-0.4, -0.2) is 30.5 Å².